The van der Waals surface area contributed by atoms with Crippen LogP contribution in [-0.2, 0) is 4.74 Å². The van der Waals surface area contributed by atoms with Gasteiger partial charge in [-0.25, -0.2) is 0 Å². The van der Waals surface area contributed by atoms with Gasteiger partial charge in [0.15, 0.2) is 0 Å². The molecule has 1 aliphatic heterocycles. The van der Waals surface area contributed by atoms with Crippen molar-refractivity contribution in [2.45, 2.75) is 12.8 Å². The Morgan fingerprint density at radius 2 is 1.52 bits per heavy atom. The van der Waals surface area contributed by atoms with E-state index < -0.39 is 0 Å². The summed E-state index contributed by atoms with van der Waals surface area (Å²) >= 11 is 0. The van der Waals surface area contributed by atoms with Gasteiger partial charge < -0.3 is 9.47 Å². The molecule has 0 unspecified atom stereocenters. The number of benzene rings is 2. The van der Waals surface area contributed by atoms with E-state index in [0.717, 1.165) is 51.6 Å². The molecule has 2 aromatic rings. The second-order valence-electron chi connectivity index (χ2n) is 5.90. The van der Waals surface area contributed by atoms with Crippen LogP contribution in [0.4, 0.5) is 0 Å². The Bertz CT molecular complexity index is 562. The number of hydrogen-bond donors (Lipinski definition) is 0. The van der Waals surface area contributed by atoms with Crippen molar-refractivity contribution in [3.05, 3.63) is 54.6 Å². The van der Waals surface area contributed by atoms with E-state index in [9.17, 15) is 0 Å². The van der Waals surface area contributed by atoms with Gasteiger partial charge in [0.25, 0.3) is 0 Å². The number of unbranched alkanes of at least 4 members (excludes halogenated alkanes) is 1. The molecule has 1 aliphatic rings. The van der Waals surface area contributed by atoms with Gasteiger partial charge in [0, 0.05) is 13.1 Å². The highest BCUT2D eigenvalue weighted by Crippen LogP contribution is 2.22. The summed E-state index contributed by atoms with van der Waals surface area (Å²) in [4.78, 5) is 2.47. The first-order valence-electron chi connectivity index (χ1n) is 8.50. The smallest absolute Gasteiger partial charge is 0.119 e. The SMILES string of the molecule is c1ccc(-c2ccc(OCCCCN3CCOCC3)cc2)cc1. The summed E-state index contributed by atoms with van der Waals surface area (Å²) in [6.45, 7) is 5.84. The first-order chi connectivity index (χ1) is 11.4. The zero-order chi connectivity index (χ0) is 15.7. The topological polar surface area (TPSA) is 21.7 Å². The van der Waals surface area contributed by atoms with Crippen molar-refractivity contribution in [2.24, 2.45) is 0 Å². The van der Waals surface area contributed by atoms with Crippen molar-refractivity contribution in [3.8, 4) is 16.9 Å². The van der Waals surface area contributed by atoms with Crippen LogP contribution in [0.5, 0.6) is 5.75 Å². The molecule has 23 heavy (non-hydrogen) atoms. The Morgan fingerprint density at radius 3 is 2.26 bits per heavy atom. The molecule has 1 heterocycles. The van der Waals surface area contributed by atoms with E-state index in [1.54, 1.807) is 0 Å². The van der Waals surface area contributed by atoms with Crippen LogP contribution < -0.4 is 4.74 Å². The Kier molecular flexibility index (Phi) is 6.07. The first kappa shape index (κ1) is 16.0. The molecule has 0 radical (unpaired) electrons. The number of nitrogens with zero attached hydrogens (tertiary/aromatic N) is 1. The fourth-order valence-electron chi connectivity index (χ4n) is 2.83. The Hall–Kier alpha value is -1.84. The lowest BCUT2D eigenvalue weighted by molar-refractivity contribution is 0.0368. The minimum absolute atomic E-state index is 0.787. The van der Waals surface area contributed by atoms with Gasteiger partial charge in [0.1, 0.15) is 5.75 Å². The molecule has 0 atom stereocenters. The number of ether oxygens (including phenoxy) is 2. The molecule has 2 aromatic carbocycles. The summed E-state index contributed by atoms with van der Waals surface area (Å²) < 4.78 is 11.2. The van der Waals surface area contributed by atoms with Crippen LogP contribution in [-0.4, -0.2) is 44.4 Å². The van der Waals surface area contributed by atoms with Gasteiger partial charge in [-0.3, -0.25) is 4.90 Å². The predicted molar refractivity (Wildman–Crippen MR) is 93.9 cm³/mol. The zero-order valence-electron chi connectivity index (χ0n) is 13.6. The Morgan fingerprint density at radius 1 is 0.826 bits per heavy atom. The lowest BCUT2D eigenvalue weighted by Gasteiger charge is -2.26. The first-order valence-corrected chi connectivity index (χ1v) is 8.50. The summed E-state index contributed by atoms with van der Waals surface area (Å²) in [6, 6.07) is 18.8. The second-order valence-corrected chi connectivity index (χ2v) is 5.90. The second kappa shape index (κ2) is 8.70. The highest BCUT2D eigenvalue weighted by Gasteiger charge is 2.09. The molecule has 1 saturated heterocycles. The molecule has 0 aromatic heterocycles. The maximum atomic E-state index is 5.84. The lowest BCUT2D eigenvalue weighted by atomic mass is 10.1. The van der Waals surface area contributed by atoms with Crippen LogP contribution in [0, 0.1) is 0 Å². The summed E-state index contributed by atoms with van der Waals surface area (Å²) in [5, 5.41) is 0. The molecule has 0 saturated carbocycles. The predicted octanol–water partition coefficient (Wildman–Crippen LogP) is 3.84. The number of rotatable bonds is 7. The van der Waals surface area contributed by atoms with Crippen LogP contribution >= 0.6 is 0 Å². The van der Waals surface area contributed by atoms with Crippen LogP contribution in [0.3, 0.4) is 0 Å². The minimum atomic E-state index is 0.787. The van der Waals surface area contributed by atoms with Gasteiger partial charge >= 0.3 is 0 Å². The van der Waals surface area contributed by atoms with E-state index in [4.69, 9.17) is 9.47 Å². The lowest BCUT2D eigenvalue weighted by Crippen LogP contribution is -2.36. The molecule has 3 heteroatoms. The third-order valence-electron chi connectivity index (χ3n) is 4.20. The highest BCUT2D eigenvalue weighted by atomic mass is 16.5. The number of morpholine rings is 1. The average Bonchev–Trinajstić information content (AvgIpc) is 2.64. The summed E-state index contributed by atoms with van der Waals surface area (Å²) in [7, 11) is 0. The molecule has 0 aliphatic carbocycles. The number of hydrogen-bond acceptors (Lipinski definition) is 3. The van der Waals surface area contributed by atoms with Gasteiger partial charge in [-0.2, -0.15) is 0 Å². The summed E-state index contributed by atoms with van der Waals surface area (Å²) in [5.41, 5.74) is 2.47. The summed E-state index contributed by atoms with van der Waals surface area (Å²) in [6.07, 6.45) is 2.28. The van der Waals surface area contributed by atoms with Crippen molar-refractivity contribution >= 4 is 0 Å². The van der Waals surface area contributed by atoms with Gasteiger partial charge in [0.05, 0.1) is 19.8 Å². The van der Waals surface area contributed by atoms with Crippen molar-refractivity contribution in [2.75, 3.05) is 39.5 Å². The molecule has 0 N–H and O–H groups in total. The third kappa shape index (κ3) is 5.08. The maximum Gasteiger partial charge on any atom is 0.119 e. The standard InChI is InChI=1S/C20H25NO2/c1-2-6-18(7-3-1)19-8-10-20(11-9-19)23-15-5-4-12-21-13-16-22-17-14-21/h1-3,6-11H,4-5,12-17H2. The van der Waals surface area contributed by atoms with Gasteiger partial charge in [-0.15, -0.1) is 0 Å². The summed E-state index contributed by atoms with van der Waals surface area (Å²) in [5.74, 6) is 0.955. The van der Waals surface area contributed by atoms with Gasteiger partial charge in [0.2, 0.25) is 0 Å². The van der Waals surface area contributed by atoms with Crippen molar-refractivity contribution in [1.82, 2.24) is 4.90 Å². The molecule has 0 spiro atoms. The molecule has 3 rings (SSSR count). The largest absolute Gasteiger partial charge is 0.494 e. The zero-order valence-corrected chi connectivity index (χ0v) is 13.6. The van der Waals surface area contributed by atoms with Crippen LogP contribution in [0.2, 0.25) is 0 Å². The van der Waals surface area contributed by atoms with E-state index in [0.29, 0.717) is 0 Å². The van der Waals surface area contributed by atoms with Crippen molar-refractivity contribution in [1.29, 1.82) is 0 Å². The monoisotopic (exact) mass is 311 g/mol. The highest BCUT2D eigenvalue weighted by molar-refractivity contribution is 5.63. The fourth-order valence-corrected chi connectivity index (χ4v) is 2.83. The van der Waals surface area contributed by atoms with Crippen LogP contribution in [0.1, 0.15) is 12.8 Å². The third-order valence-corrected chi connectivity index (χ3v) is 4.20. The molecular formula is C20H25NO2. The Labute approximate surface area is 138 Å². The average molecular weight is 311 g/mol. The van der Waals surface area contributed by atoms with E-state index in [1.165, 1.54) is 17.5 Å². The van der Waals surface area contributed by atoms with Crippen LogP contribution in [0.15, 0.2) is 54.6 Å². The fraction of sp³-hybridized carbons (Fsp3) is 0.400. The molecule has 0 bridgehead atoms. The van der Waals surface area contributed by atoms with E-state index >= 15 is 0 Å². The van der Waals surface area contributed by atoms with E-state index in [2.05, 4.69) is 53.4 Å². The van der Waals surface area contributed by atoms with Gasteiger partial charge in [-0.05, 0) is 42.6 Å². The molecule has 3 nitrogen and oxygen atoms in total. The molecule has 1 fully saturated rings. The quantitative estimate of drug-likeness (QED) is 0.725. The van der Waals surface area contributed by atoms with E-state index in [1.807, 2.05) is 6.07 Å². The maximum absolute atomic E-state index is 5.84. The van der Waals surface area contributed by atoms with Gasteiger partial charge in [-0.1, -0.05) is 42.5 Å². The van der Waals surface area contributed by atoms with Crippen molar-refractivity contribution in [3.63, 3.8) is 0 Å². The molecular weight excluding hydrogens is 286 g/mol. The van der Waals surface area contributed by atoms with Crippen molar-refractivity contribution < 1.29 is 9.47 Å². The minimum Gasteiger partial charge on any atom is -0.494 e. The molecule has 122 valence electrons. The normalized spacial score (nSPS) is 15.5. The Balaban J connectivity index is 1.37. The van der Waals surface area contributed by atoms with E-state index in [-0.39, 0.29) is 0 Å². The molecule has 0 amide bonds. The van der Waals surface area contributed by atoms with Crippen LogP contribution in [0.25, 0.3) is 11.1 Å².